The lowest BCUT2D eigenvalue weighted by Gasteiger charge is -2.10. The molecule has 4 N–H and O–H groups in total. The van der Waals surface area contributed by atoms with Gasteiger partial charge in [0.1, 0.15) is 11.9 Å². The highest BCUT2D eigenvalue weighted by atomic mass is 16.2. The summed E-state index contributed by atoms with van der Waals surface area (Å²) in [5, 5.41) is 2.94. The highest BCUT2D eigenvalue weighted by molar-refractivity contribution is 5.82. The van der Waals surface area contributed by atoms with E-state index in [2.05, 4.69) is 38.3 Å². The highest BCUT2D eigenvalue weighted by Gasteiger charge is 2.29. The van der Waals surface area contributed by atoms with E-state index in [0.29, 0.717) is 6.54 Å². The van der Waals surface area contributed by atoms with Crippen molar-refractivity contribution in [2.24, 2.45) is 0 Å². The van der Waals surface area contributed by atoms with Crippen LogP contribution < -0.4 is 16.2 Å². The molecule has 6 heteroatoms. The molecular formula is C18H19N5O. The first-order valence-corrected chi connectivity index (χ1v) is 8.07. The van der Waals surface area contributed by atoms with E-state index in [1.54, 1.807) is 0 Å². The zero-order valence-corrected chi connectivity index (χ0v) is 13.1. The van der Waals surface area contributed by atoms with Crippen LogP contribution in [0.2, 0.25) is 0 Å². The number of para-hydroxylation sites is 2. The molecule has 0 radical (unpaired) electrons. The number of carbonyl (C=O) groups excluding carboxylic acids is 1. The number of fused-ring (bicyclic) bond motifs is 1. The number of carbonyl (C=O) groups is 1. The normalized spacial score (nSPS) is 20.3. The Morgan fingerprint density at radius 2 is 1.88 bits per heavy atom. The first-order chi connectivity index (χ1) is 11.8. The predicted octanol–water partition coefficient (Wildman–Crippen LogP) is 1.79. The van der Waals surface area contributed by atoms with E-state index in [9.17, 15) is 4.79 Å². The molecule has 24 heavy (non-hydrogen) atoms. The summed E-state index contributed by atoms with van der Waals surface area (Å²) in [6, 6.07) is 17.9. The number of aromatic amines is 1. The minimum absolute atomic E-state index is 0.0265. The number of imidazole rings is 1. The van der Waals surface area contributed by atoms with Crippen LogP contribution in [-0.2, 0) is 11.3 Å². The molecule has 4 rings (SSSR count). The van der Waals surface area contributed by atoms with Crippen molar-refractivity contribution in [2.45, 2.75) is 25.0 Å². The Kier molecular flexibility index (Phi) is 3.98. The molecule has 122 valence electrons. The molecule has 3 aromatic rings. The van der Waals surface area contributed by atoms with Gasteiger partial charge in [-0.2, -0.15) is 0 Å². The summed E-state index contributed by atoms with van der Waals surface area (Å²) < 4.78 is 0. The van der Waals surface area contributed by atoms with E-state index in [-0.39, 0.29) is 18.0 Å². The number of aromatic nitrogens is 2. The molecule has 2 unspecified atom stereocenters. The van der Waals surface area contributed by atoms with E-state index in [1.807, 2.05) is 42.5 Å². The molecule has 1 saturated heterocycles. The van der Waals surface area contributed by atoms with Gasteiger partial charge in [-0.15, -0.1) is 0 Å². The lowest BCUT2D eigenvalue weighted by molar-refractivity contribution is -0.123. The maximum Gasteiger partial charge on any atom is 0.238 e. The highest BCUT2D eigenvalue weighted by Crippen LogP contribution is 2.21. The lowest BCUT2D eigenvalue weighted by Crippen LogP contribution is -2.43. The van der Waals surface area contributed by atoms with Gasteiger partial charge >= 0.3 is 0 Å². The molecule has 0 aliphatic carbocycles. The van der Waals surface area contributed by atoms with Gasteiger partial charge in [0.15, 0.2) is 0 Å². The van der Waals surface area contributed by atoms with Crippen molar-refractivity contribution < 1.29 is 4.79 Å². The second-order valence-corrected chi connectivity index (χ2v) is 5.96. The maximum absolute atomic E-state index is 12.4. The number of hydrazine groups is 1. The predicted molar refractivity (Wildman–Crippen MR) is 91.8 cm³/mol. The van der Waals surface area contributed by atoms with Crippen molar-refractivity contribution in [2.75, 3.05) is 0 Å². The Hall–Kier alpha value is -2.70. The summed E-state index contributed by atoms with van der Waals surface area (Å²) in [5.74, 6) is 0.733. The number of nitrogens with zero attached hydrogens (tertiary/aromatic N) is 1. The first-order valence-electron chi connectivity index (χ1n) is 8.07. The maximum atomic E-state index is 12.4. The molecule has 2 heterocycles. The van der Waals surface area contributed by atoms with Crippen LogP contribution in [0.15, 0.2) is 54.6 Å². The van der Waals surface area contributed by atoms with Gasteiger partial charge in [-0.05, 0) is 24.1 Å². The van der Waals surface area contributed by atoms with Gasteiger partial charge in [0.05, 0.1) is 17.6 Å². The third-order valence-corrected chi connectivity index (χ3v) is 4.29. The number of benzene rings is 2. The van der Waals surface area contributed by atoms with E-state index >= 15 is 0 Å². The number of H-pyrrole nitrogens is 1. The number of hydrogen-bond acceptors (Lipinski definition) is 4. The van der Waals surface area contributed by atoms with Crippen molar-refractivity contribution in [1.82, 2.24) is 26.1 Å². The molecule has 2 aromatic carbocycles. The Morgan fingerprint density at radius 3 is 2.71 bits per heavy atom. The van der Waals surface area contributed by atoms with Crippen LogP contribution in [0.3, 0.4) is 0 Å². The number of amides is 1. The van der Waals surface area contributed by atoms with E-state index in [1.165, 1.54) is 5.56 Å². The van der Waals surface area contributed by atoms with Crippen molar-refractivity contribution in [3.8, 4) is 0 Å². The van der Waals surface area contributed by atoms with Crippen LogP contribution in [0, 0.1) is 0 Å². The van der Waals surface area contributed by atoms with Gasteiger partial charge < -0.3 is 10.3 Å². The van der Waals surface area contributed by atoms with Gasteiger partial charge in [-0.1, -0.05) is 42.5 Å². The third kappa shape index (κ3) is 3.02. The second-order valence-electron chi connectivity index (χ2n) is 5.96. The molecule has 1 aromatic heterocycles. The molecular weight excluding hydrogens is 302 g/mol. The molecule has 1 aliphatic heterocycles. The van der Waals surface area contributed by atoms with Crippen LogP contribution in [-0.4, -0.2) is 21.9 Å². The van der Waals surface area contributed by atoms with Gasteiger partial charge in [-0.3, -0.25) is 4.79 Å². The number of hydrogen-bond donors (Lipinski definition) is 4. The molecule has 0 bridgehead atoms. The smallest absolute Gasteiger partial charge is 0.238 e. The van der Waals surface area contributed by atoms with Gasteiger partial charge in [0.2, 0.25) is 5.91 Å². The fraction of sp³-hybridized carbons (Fsp3) is 0.222. The minimum Gasteiger partial charge on any atom is -0.347 e. The second kappa shape index (κ2) is 6.43. The SMILES string of the molecule is O=C(NCc1nc2ccccc2[nH]1)C1CC(c2ccccc2)NN1. The number of rotatable bonds is 4. The van der Waals surface area contributed by atoms with Crippen molar-refractivity contribution in [3.63, 3.8) is 0 Å². The molecule has 0 spiro atoms. The van der Waals surface area contributed by atoms with Crippen LogP contribution in [0.25, 0.3) is 11.0 Å². The monoisotopic (exact) mass is 321 g/mol. The average Bonchev–Trinajstić information content (AvgIpc) is 3.27. The van der Waals surface area contributed by atoms with Crippen LogP contribution in [0.1, 0.15) is 23.9 Å². The van der Waals surface area contributed by atoms with Gasteiger partial charge in [0, 0.05) is 6.04 Å². The Bertz CT molecular complexity index is 812. The number of nitrogens with one attached hydrogen (secondary N) is 4. The van der Waals surface area contributed by atoms with E-state index in [4.69, 9.17) is 0 Å². The molecule has 1 aliphatic rings. The third-order valence-electron chi connectivity index (χ3n) is 4.29. The molecule has 2 atom stereocenters. The van der Waals surface area contributed by atoms with Gasteiger partial charge in [0.25, 0.3) is 0 Å². The zero-order chi connectivity index (χ0) is 16.4. The Morgan fingerprint density at radius 1 is 1.08 bits per heavy atom. The molecule has 0 saturated carbocycles. The van der Waals surface area contributed by atoms with E-state index < -0.39 is 0 Å². The standard InChI is InChI=1S/C18H19N5O/c24-18(16-10-15(22-23-16)12-6-2-1-3-7-12)19-11-17-20-13-8-4-5-9-14(13)21-17/h1-9,15-16,22-23H,10-11H2,(H,19,24)(H,20,21). The Labute approximate surface area is 139 Å². The van der Waals surface area contributed by atoms with Gasteiger partial charge in [-0.25, -0.2) is 15.8 Å². The average molecular weight is 321 g/mol. The Balaban J connectivity index is 1.35. The first kappa shape index (κ1) is 14.9. The van der Waals surface area contributed by atoms with Crippen molar-refractivity contribution in [1.29, 1.82) is 0 Å². The van der Waals surface area contributed by atoms with Crippen molar-refractivity contribution >= 4 is 16.9 Å². The van der Waals surface area contributed by atoms with Crippen LogP contribution in [0.4, 0.5) is 0 Å². The summed E-state index contributed by atoms with van der Waals surface area (Å²) in [4.78, 5) is 20.0. The lowest BCUT2D eigenvalue weighted by atomic mass is 10.0. The summed E-state index contributed by atoms with van der Waals surface area (Å²) >= 11 is 0. The fourth-order valence-corrected chi connectivity index (χ4v) is 3.02. The summed E-state index contributed by atoms with van der Waals surface area (Å²) in [6.45, 7) is 0.391. The molecule has 6 nitrogen and oxygen atoms in total. The zero-order valence-electron chi connectivity index (χ0n) is 13.1. The molecule has 1 fully saturated rings. The quantitative estimate of drug-likeness (QED) is 0.590. The summed E-state index contributed by atoms with van der Waals surface area (Å²) in [7, 11) is 0. The topological polar surface area (TPSA) is 81.8 Å². The van der Waals surface area contributed by atoms with Crippen LogP contribution in [0.5, 0.6) is 0 Å². The van der Waals surface area contributed by atoms with Crippen LogP contribution >= 0.6 is 0 Å². The molecule has 1 amide bonds. The summed E-state index contributed by atoms with van der Waals surface area (Å²) in [5.41, 5.74) is 9.33. The largest absolute Gasteiger partial charge is 0.347 e. The van der Waals surface area contributed by atoms with Crippen molar-refractivity contribution in [3.05, 3.63) is 66.0 Å². The van der Waals surface area contributed by atoms with E-state index in [0.717, 1.165) is 23.3 Å². The fourth-order valence-electron chi connectivity index (χ4n) is 3.02. The summed E-state index contributed by atoms with van der Waals surface area (Å²) in [6.07, 6.45) is 0.718. The minimum atomic E-state index is -0.250.